The van der Waals surface area contributed by atoms with Crippen LogP contribution in [0.4, 0.5) is 0 Å². The third-order valence-corrected chi connectivity index (χ3v) is 5.57. The first-order chi connectivity index (χ1) is 8.56. The molecule has 1 aliphatic rings. The van der Waals surface area contributed by atoms with Crippen LogP contribution in [0.1, 0.15) is 33.1 Å². The van der Waals surface area contributed by atoms with Gasteiger partial charge in [-0.3, -0.25) is 0 Å². The van der Waals surface area contributed by atoms with E-state index in [9.17, 15) is 0 Å². The van der Waals surface area contributed by atoms with Gasteiger partial charge in [-0.05, 0) is 55.4 Å². The maximum atomic E-state index is 6.27. The molecule has 1 aliphatic carbocycles. The first-order valence-electron chi connectivity index (χ1n) is 6.74. The number of nitrogens with two attached hydrogens (primary N) is 1. The fourth-order valence-electron chi connectivity index (χ4n) is 2.61. The zero-order valence-corrected chi connectivity index (χ0v) is 12.7. The summed E-state index contributed by atoms with van der Waals surface area (Å²) in [5, 5.41) is 1.35. The molecule has 100 valence electrons. The maximum Gasteiger partial charge on any atom is 0.0406 e. The van der Waals surface area contributed by atoms with Gasteiger partial charge in [-0.15, -0.1) is 11.8 Å². The van der Waals surface area contributed by atoms with Crippen molar-refractivity contribution < 1.29 is 0 Å². The van der Waals surface area contributed by atoms with E-state index in [2.05, 4.69) is 26.0 Å². The number of thioether (sulfide) groups is 1. The minimum Gasteiger partial charge on any atom is -0.327 e. The Hall–Kier alpha value is -0.180. The maximum absolute atomic E-state index is 6.27. The largest absolute Gasteiger partial charge is 0.327 e. The number of hydrogen-bond acceptors (Lipinski definition) is 2. The van der Waals surface area contributed by atoms with Crippen LogP contribution < -0.4 is 5.73 Å². The molecule has 2 N–H and O–H groups in total. The monoisotopic (exact) mass is 283 g/mol. The molecule has 3 heteroatoms. The van der Waals surface area contributed by atoms with Gasteiger partial charge >= 0.3 is 0 Å². The second kappa shape index (κ2) is 6.31. The highest BCUT2D eigenvalue weighted by molar-refractivity contribution is 8.00. The molecule has 0 radical (unpaired) electrons. The van der Waals surface area contributed by atoms with Gasteiger partial charge in [0.05, 0.1) is 0 Å². The Morgan fingerprint density at radius 2 is 1.89 bits per heavy atom. The van der Waals surface area contributed by atoms with E-state index < -0.39 is 0 Å². The Morgan fingerprint density at radius 3 is 2.50 bits per heavy atom. The van der Waals surface area contributed by atoms with E-state index in [1.54, 1.807) is 0 Å². The highest BCUT2D eigenvalue weighted by Crippen LogP contribution is 2.38. The van der Waals surface area contributed by atoms with Crippen molar-refractivity contribution in [3.05, 3.63) is 29.3 Å². The predicted molar refractivity (Wildman–Crippen MR) is 81.3 cm³/mol. The van der Waals surface area contributed by atoms with Crippen LogP contribution in [-0.2, 0) is 0 Å². The van der Waals surface area contributed by atoms with Crippen LogP contribution in [0.25, 0.3) is 0 Å². The van der Waals surface area contributed by atoms with Gasteiger partial charge in [0, 0.05) is 21.2 Å². The van der Waals surface area contributed by atoms with Crippen LogP contribution in [0.3, 0.4) is 0 Å². The van der Waals surface area contributed by atoms with Crippen LogP contribution in [0.5, 0.6) is 0 Å². The van der Waals surface area contributed by atoms with Gasteiger partial charge in [-0.1, -0.05) is 25.4 Å². The van der Waals surface area contributed by atoms with Gasteiger partial charge in [0.1, 0.15) is 0 Å². The lowest BCUT2D eigenvalue weighted by Gasteiger charge is -2.35. The first kappa shape index (κ1) is 14.2. The number of hydrogen-bond donors (Lipinski definition) is 1. The molecule has 0 heterocycles. The molecule has 0 spiro atoms. The third-order valence-electron chi connectivity index (χ3n) is 3.93. The molecule has 18 heavy (non-hydrogen) atoms. The van der Waals surface area contributed by atoms with Crippen molar-refractivity contribution in [3.8, 4) is 0 Å². The molecule has 1 nitrogen and oxygen atoms in total. The minimum absolute atomic E-state index is 0.334. The average molecular weight is 284 g/mol. The summed E-state index contributed by atoms with van der Waals surface area (Å²) in [6, 6.07) is 8.44. The summed E-state index contributed by atoms with van der Waals surface area (Å²) in [7, 11) is 0. The zero-order valence-electron chi connectivity index (χ0n) is 11.1. The topological polar surface area (TPSA) is 26.0 Å². The first-order valence-corrected chi connectivity index (χ1v) is 8.00. The highest BCUT2D eigenvalue weighted by atomic mass is 35.5. The molecule has 0 bridgehead atoms. The van der Waals surface area contributed by atoms with E-state index in [0.29, 0.717) is 11.3 Å². The summed E-state index contributed by atoms with van der Waals surface area (Å²) in [6.07, 6.45) is 3.69. The Morgan fingerprint density at radius 1 is 1.22 bits per heavy atom. The van der Waals surface area contributed by atoms with E-state index in [1.807, 2.05) is 23.9 Å². The third kappa shape index (κ3) is 3.66. The number of benzene rings is 1. The molecule has 2 rings (SSSR count). The van der Waals surface area contributed by atoms with Gasteiger partial charge in [0.25, 0.3) is 0 Å². The standard InChI is InChI=1S/C15H22ClNS/c1-10(2)11-3-8-14(17)15(9-11)18-13-6-4-12(16)5-7-13/h4-7,10-11,14-15H,3,8-9,17H2,1-2H3. The van der Waals surface area contributed by atoms with Gasteiger partial charge in [-0.2, -0.15) is 0 Å². The fraction of sp³-hybridized carbons (Fsp3) is 0.600. The second-order valence-electron chi connectivity index (χ2n) is 5.59. The van der Waals surface area contributed by atoms with Gasteiger partial charge < -0.3 is 5.73 Å². The predicted octanol–water partition coefficient (Wildman–Crippen LogP) is 4.58. The Kier molecular flexibility index (Phi) is 4.99. The van der Waals surface area contributed by atoms with Crippen molar-refractivity contribution >= 4 is 23.4 Å². The molecule has 0 aromatic heterocycles. The zero-order chi connectivity index (χ0) is 13.1. The Labute approximate surface area is 119 Å². The summed E-state index contributed by atoms with van der Waals surface area (Å²) in [4.78, 5) is 1.28. The normalized spacial score (nSPS) is 28.6. The molecular formula is C15H22ClNS. The molecule has 1 aromatic rings. The molecule has 1 aromatic carbocycles. The lowest BCUT2D eigenvalue weighted by molar-refractivity contribution is 0.266. The smallest absolute Gasteiger partial charge is 0.0406 e. The van der Waals surface area contributed by atoms with Gasteiger partial charge in [0.15, 0.2) is 0 Å². The van der Waals surface area contributed by atoms with E-state index in [4.69, 9.17) is 17.3 Å². The molecule has 1 saturated carbocycles. The van der Waals surface area contributed by atoms with E-state index >= 15 is 0 Å². The molecule has 0 aliphatic heterocycles. The van der Waals surface area contributed by atoms with Crippen molar-refractivity contribution in [1.29, 1.82) is 0 Å². The van der Waals surface area contributed by atoms with Crippen LogP contribution in [0.15, 0.2) is 29.2 Å². The second-order valence-corrected chi connectivity index (χ2v) is 7.34. The van der Waals surface area contributed by atoms with E-state index in [1.165, 1.54) is 17.7 Å². The minimum atomic E-state index is 0.334. The summed E-state index contributed by atoms with van der Waals surface area (Å²) in [5.41, 5.74) is 6.27. The van der Waals surface area contributed by atoms with Gasteiger partial charge in [0.2, 0.25) is 0 Å². The fourth-order valence-corrected chi connectivity index (χ4v) is 4.04. The molecule has 0 saturated heterocycles. The lowest BCUT2D eigenvalue weighted by atomic mass is 9.79. The lowest BCUT2D eigenvalue weighted by Crippen LogP contribution is -2.39. The molecule has 1 fully saturated rings. The summed E-state index contributed by atoms with van der Waals surface area (Å²) in [5.74, 6) is 1.60. The molecule has 0 amide bonds. The Bertz CT molecular complexity index is 377. The molecule has 3 atom stereocenters. The van der Waals surface area contributed by atoms with Crippen LogP contribution in [-0.4, -0.2) is 11.3 Å². The van der Waals surface area contributed by atoms with Crippen molar-refractivity contribution in [2.75, 3.05) is 0 Å². The van der Waals surface area contributed by atoms with Crippen molar-refractivity contribution in [2.45, 2.75) is 49.3 Å². The molecular weight excluding hydrogens is 262 g/mol. The highest BCUT2D eigenvalue weighted by Gasteiger charge is 2.30. The quantitative estimate of drug-likeness (QED) is 0.878. The van der Waals surface area contributed by atoms with Gasteiger partial charge in [-0.25, -0.2) is 0 Å². The summed E-state index contributed by atoms with van der Waals surface area (Å²) >= 11 is 7.83. The SMILES string of the molecule is CC(C)C1CCC(N)C(Sc2ccc(Cl)cc2)C1. The van der Waals surface area contributed by atoms with Crippen LogP contribution in [0, 0.1) is 11.8 Å². The van der Waals surface area contributed by atoms with Crippen LogP contribution >= 0.6 is 23.4 Å². The van der Waals surface area contributed by atoms with E-state index in [-0.39, 0.29) is 0 Å². The number of rotatable bonds is 3. The van der Waals surface area contributed by atoms with Crippen LogP contribution in [0.2, 0.25) is 5.02 Å². The van der Waals surface area contributed by atoms with Crippen molar-refractivity contribution in [2.24, 2.45) is 17.6 Å². The summed E-state index contributed by atoms with van der Waals surface area (Å²) < 4.78 is 0. The number of halogens is 1. The Balaban J connectivity index is 2.00. The molecule has 3 unspecified atom stereocenters. The average Bonchev–Trinajstić information content (AvgIpc) is 2.34. The summed E-state index contributed by atoms with van der Waals surface area (Å²) in [6.45, 7) is 4.65. The van der Waals surface area contributed by atoms with Crippen molar-refractivity contribution in [3.63, 3.8) is 0 Å². The van der Waals surface area contributed by atoms with Crippen molar-refractivity contribution in [1.82, 2.24) is 0 Å². The van der Waals surface area contributed by atoms with E-state index in [0.717, 1.165) is 23.3 Å².